The summed E-state index contributed by atoms with van der Waals surface area (Å²) in [6.45, 7) is 5.67. The van der Waals surface area contributed by atoms with Crippen LogP contribution in [-0.4, -0.2) is 35.5 Å². The minimum absolute atomic E-state index is 0. The summed E-state index contributed by atoms with van der Waals surface area (Å²) in [6, 6.07) is 12.8. The summed E-state index contributed by atoms with van der Waals surface area (Å²) in [5.74, 6) is 1.76. The van der Waals surface area contributed by atoms with E-state index in [0.29, 0.717) is 6.54 Å². The van der Waals surface area contributed by atoms with Gasteiger partial charge in [-0.1, -0.05) is 6.07 Å². The highest BCUT2D eigenvalue weighted by Gasteiger charge is 2.26. The molecule has 2 aromatic carbocycles. The Bertz CT molecular complexity index is 1310. The van der Waals surface area contributed by atoms with E-state index in [-0.39, 0.29) is 18.4 Å². The molecule has 0 fully saturated rings. The molecule has 0 spiro atoms. The van der Waals surface area contributed by atoms with E-state index in [2.05, 4.69) is 68.6 Å². The van der Waals surface area contributed by atoms with Gasteiger partial charge in [0.2, 0.25) is 0 Å². The van der Waals surface area contributed by atoms with Gasteiger partial charge in [0.25, 0.3) is 0 Å². The molecule has 0 saturated carbocycles. The molecule has 33 heavy (non-hydrogen) atoms. The molecule has 2 N–H and O–H groups in total. The van der Waals surface area contributed by atoms with Gasteiger partial charge in [-0.15, -0.1) is 12.4 Å². The fraction of sp³-hybridized carbons (Fsp3) is 0.320. The number of ether oxygens (including phenoxy) is 2. The second-order valence-corrected chi connectivity index (χ2v) is 9.07. The van der Waals surface area contributed by atoms with Crippen LogP contribution in [0.4, 0.5) is 0 Å². The SMILES string of the molecule is COc1ccc2[nH]c3c(c2c1)CCNC3c1ccc(OC)c(Cn2nc(C)c(Br)c2C)c1.Cl. The van der Waals surface area contributed by atoms with Gasteiger partial charge >= 0.3 is 0 Å². The first kappa shape index (κ1) is 23.7. The summed E-state index contributed by atoms with van der Waals surface area (Å²) in [7, 11) is 3.43. The van der Waals surface area contributed by atoms with Gasteiger partial charge in [0.05, 0.1) is 42.7 Å². The lowest BCUT2D eigenvalue weighted by Gasteiger charge is -2.26. The minimum atomic E-state index is 0. The Labute approximate surface area is 208 Å². The molecule has 2 aromatic heterocycles. The number of hydrogen-bond acceptors (Lipinski definition) is 4. The Kier molecular flexibility index (Phi) is 6.75. The number of benzene rings is 2. The number of aromatic amines is 1. The number of nitrogens with zero attached hydrogens (tertiary/aromatic N) is 2. The molecule has 3 heterocycles. The predicted octanol–water partition coefficient (Wildman–Crippen LogP) is 5.47. The topological polar surface area (TPSA) is 64.1 Å². The zero-order valence-electron chi connectivity index (χ0n) is 19.2. The average molecular weight is 532 g/mol. The molecule has 5 rings (SSSR count). The maximum Gasteiger partial charge on any atom is 0.123 e. The fourth-order valence-electron chi connectivity index (χ4n) is 4.71. The van der Waals surface area contributed by atoms with Crippen LogP contribution in [-0.2, 0) is 13.0 Å². The number of nitrogens with one attached hydrogen (secondary N) is 2. The highest BCUT2D eigenvalue weighted by atomic mass is 79.9. The Morgan fingerprint density at radius 2 is 1.94 bits per heavy atom. The molecular weight excluding hydrogens is 504 g/mol. The Hall–Kier alpha value is -2.48. The van der Waals surface area contributed by atoms with Gasteiger partial charge in [-0.25, -0.2) is 0 Å². The van der Waals surface area contributed by atoms with E-state index in [9.17, 15) is 0 Å². The Balaban J connectivity index is 0.00000259. The van der Waals surface area contributed by atoms with Crippen LogP contribution in [0.1, 0.15) is 39.8 Å². The second kappa shape index (κ2) is 9.41. The lowest BCUT2D eigenvalue weighted by molar-refractivity contribution is 0.406. The van der Waals surface area contributed by atoms with Gasteiger partial charge in [0.1, 0.15) is 11.5 Å². The number of halogens is 2. The summed E-state index contributed by atoms with van der Waals surface area (Å²) in [5, 5.41) is 9.63. The van der Waals surface area contributed by atoms with E-state index in [1.54, 1.807) is 14.2 Å². The van der Waals surface area contributed by atoms with Gasteiger partial charge in [-0.05, 0) is 77.7 Å². The smallest absolute Gasteiger partial charge is 0.123 e. The molecule has 0 aliphatic carbocycles. The summed E-state index contributed by atoms with van der Waals surface area (Å²) >= 11 is 3.63. The maximum atomic E-state index is 5.68. The first-order chi connectivity index (χ1) is 15.5. The fourth-order valence-corrected chi connectivity index (χ4v) is 4.99. The molecule has 0 saturated heterocycles. The Morgan fingerprint density at radius 3 is 2.64 bits per heavy atom. The van der Waals surface area contributed by atoms with E-state index < -0.39 is 0 Å². The van der Waals surface area contributed by atoms with Crippen LogP contribution in [0.25, 0.3) is 10.9 Å². The summed E-state index contributed by atoms with van der Waals surface area (Å²) in [5.41, 5.74) is 8.15. The normalized spacial score (nSPS) is 15.2. The predicted molar refractivity (Wildman–Crippen MR) is 137 cm³/mol. The van der Waals surface area contributed by atoms with Gasteiger partial charge in [-0.3, -0.25) is 4.68 Å². The van der Waals surface area contributed by atoms with Crippen LogP contribution in [0, 0.1) is 13.8 Å². The highest BCUT2D eigenvalue weighted by Crippen LogP contribution is 2.36. The zero-order valence-corrected chi connectivity index (χ0v) is 21.6. The van der Waals surface area contributed by atoms with Crippen LogP contribution in [0.15, 0.2) is 40.9 Å². The van der Waals surface area contributed by atoms with E-state index in [1.165, 1.54) is 22.2 Å². The van der Waals surface area contributed by atoms with E-state index in [0.717, 1.165) is 51.4 Å². The monoisotopic (exact) mass is 530 g/mol. The molecule has 0 amide bonds. The van der Waals surface area contributed by atoms with Crippen molar-refractivity contribution < 1.29 is 9.47 Å². The summed E-state index contributed by atoms with van der Waals surface area (Å²) < 4.78 is 14.2. The quantitative estimate of drug-likeness (QED) is 0.359. The number of rotatable bonds is 5. The van der Waals surface area contributed by atoms with Gasteiger partial charge in [0.15, 0.2) is 0 Å². The van der Waals surface area contributed by atoms with Crippen LogP contribution in [0.3, 0.4) is 0 Å². The van der Waals surface area contributed by atoms with E-state index >= 15 is 0 Å². The van der Waals surface area contributed by atoms with Crippen molar-refractivity contribution in [3.05, 3.63) is 74.6 Å². The standard InChI is InChI=1S/C25H27BrN4O2.ClH/c1-14-23(26)15(2)30(29-14)13-17-11-16(5-8-22(17)32-4)24-25-19(9-10-27-24)20-12-18(31-3)6-7-21(20)28-25;/h5-8,11-12,24,27-28H,9-10,13H2,1-4H3;1H. The second-order valence-electron chi connectivity index (χ2n) is 8.28. The molecule has 1 aliphatic rings. The van der Waals surface area contributed by atoms with Crippen molar-refractivity contribution in [2.45, 2.75) is 32.9 Å². The summed E-state index contributed by atoms with van der Waals surface area (Å²) in [6.07, 6.45) is 0.988. The molecular formula is C25H28BrClN4O2. The number of methoxy groups -OCH3 is 2. The first-order valence-corrected chi connectivity index (χ1v) is 11.6. The molecule has 174 valence electrons. The average Bonchev–Trinajstić information content (AvgIpc) is 3.30. The number of aryl methyl sites for hydroxylation is 1. The molecule has 0 bridgehead atoms. The largest absolute Gasteiger partial charge is 0.497 e. The lowest BCUT2D eigenvalue weighted by Crippen LogP contribution is -2.30. The van der Waals surface area contributed by atoms with Crippen molar-refractivity contribution in [1.82, 2.24) is 20.1 Å². The van der Waals surface area contributed by atoms with Crippen molar-refractivity contribution in [2.75, 3.05) is 20.8 Å². The molecule has 8 heteroatoms. The van der Waals surface area contributed by atoms with Gasteiger partial charge < -0.3 is 19.8 Å². The highest BCUT2D eigenvalue weighted by molar-refractivity contribution is 9.10. The maximum absolute atomic E-state index is 5.68. The van der Waals surface area contributed by atoms with Crippen molar-refractivity contribution >= 4 is 39.2 Å². The lowest BCUT2D eigenvalue weighted by atomic mass is 9.93. The molecule has 0 radical (unpaired) electrons. The number of fused-ring (bicyclic) bond motifs is 3. The van der Waals surface area contributed by atoms with E-state index in [4.69, 9.17) is 9.47 Å². The number of hydrogen-bond donors (Lipinski definition) is 2. The molecule has 4 aromatic rings. The summed E-state index contributed by atoms with van der Waals surface area (Å²) in [4.78, 5) is 3.66. The van der Waals surface area contributed by atoms with Crippen molar-refractivity contribution in [3.63, 3.8) is 0 Å². The third-order valence-corrected chi connectivity index (χ3v) is 7.56. The van der Waals surface area contributed by atoms with Crippen LogP contribution < -0.4 is 14.8 Å². The third kappa shape index (κ3) is 4.14. The van der Waals surface area contributed by atoms with Gasteiger partial charge in [0, 0.05) is 28.7 Å². The zero-order chi connectivity index (χ0) is 22.4. The minimum Gasteiger partial charge on any atom is -0.497 e. The molecule has 1 atom stereocenters. The third-order valence-electron chi connectivity index (χ3n) is 6.41. The van der Waals surface area contributed by atoms with E-state index in [1.807, 2.05) is 17.7 Å². The van der Waals surface area contributed by atoms with Crippen LogP contribution in [0.2, 0.25) is 0 Å². The first-order valence-electron chi connectivity index (χ1n) is 10.8. The molecule has 1 aliphatic heterocycles. The van der Waals surface area contributed by atoms with Crippen molar-refractivity contribution in [1.29, 1.82) is 0 Å². The van der Waals surface area contributed by atoms with Crippen molar-refractivity contribution in [2.24, 2.45) is 0 Å². The number of aromatic nitrogens is 3. The van der Waals surface area contributed by atoms with Gasteiger partial charge in [-0.2, -0.15) is 5.10 Å². The molecule has 1 unspecified atom stereocenters. The van der Waals surface area contributed by atoms with Crippen LogP contribution in [0.5, 0.6) is 11.5 Å². The van der Waals surface area contributed by atoms with Crippen molar-refractivity contribution in [3.8, 4) is 11.5 Å². The Morgan fingerprint density at radius 1 is 1.12 bits per heavy atom. The number of H-pyrrole nitrogens is 1. The van der Waals surface area contributed by atoms with Crippen LogP contribution >= 0.6 is 28.3 Å². The molecule has 6 nitrogen and oxygen atoms in total.